The molecule has 6 rings (SSSR count). The Bertz CT molecular complexity index is 1540. The first-order chi connectivity index (χ1) is 18.6. The van der Waals surface area contributed by atoms with Crippen LogP contribution >= 0.6 is 11.8 Å². The Morgan fingerprint density at radius 1 is 0.789 bits per heavy atom. The second kappa shape index (κ2) is 9.84. The normalized spacial score (nSPS) is 18.2. The third kappa shape index (κ3) is 4.05. The van der Waals surface area contributed by atoms with Crippen LogP contribution in [0.3, 0.4) is 0 Å². The van der Waals surface area contributed by atoms with Gasteiger partial charge in [0, 0.05) is 16.8 Å². The monoisotopic (exact) mass is 517 g/mol. The van der Waals surface area contributed by atoms with Gasteiger partial charge in [-0.2, -0.15) is 10.2 Å². The van der Waals surface area contributed by atoms with E-state index < -0.39 is 4.99 Å². The quantitative estimate of drug-likeness (QED) is 0.311. The van der Waals surface area contributed by atoms with E-state index in [9.17, 15) is 4.79 Å². The van der Waals surface area contributed by atoms with E-state index in [1.54, 1.807) is 0 Å². The van der Waals surface area contributed by atoms with Crippen LogP contribution in [-0.2, 0) is 9.79 Å². The standard InChI is InChI=1S/C31H27N5OS/c1-3-28-26-16-10-11-17-27(26)31(35(33-28)24-14-8-5-9-15-24)36(25-20-18-22(2)19-21-25)34-30(38-31)29(37)32-23-12-6-4-7-13-23/h4-21H,3H2,1-2H3,(H,32,37). The Hall–Kier alpha value is -4.36. The third-order valence-electron chi connectivity index (χ3n) is 6.65. The first-order valence-electron chi connectivity index (χ1n) is 12.6. The predicted octanol–water partition coefficient (Wildman–Crippen LogP) is 6.95. The molecular weight excluding hydrogens is 490 g/mol. The number of anilines is 3. The van der Waals surface area contributed by atoms with Gasteiger partial charge in [0.15, 0.2) is 5.04 Å². The maximum atomic E-state index is 13.6. The SMILES string of the molecule is CCC1=NN(c2ccccc2)C2(SC(C(=O)Nc3ccccc3)=NN2c2ccc(C)cc2)c2ccccc21. The molecule has 4 aromatic rings. The van der Waals surface area contributed by atoms with Gasteiger partial charge in [0.25, 0.3) is 5.91 Å². The first-order valence-corrected chi connectivity index (χ1v) is 13.5. The van der Waals surface area contributed by atoms with Gasteiger partial charge >= 0.3 is 0 Å². The number of hydrazone groups is 2. The summed E-state index contributed by atoms with van der Waals surface area (Å²) >= 11 is 1.41. The van der Waals surface area contributed by atoms with Gasteiger partial charge in [0.05, 0.1) is 17.1 Å². The van der Waals surface area contributed by atoms with Crippen molar-refractivity contribution in [3.63, 3.8) is 0 Å². The number of amides is 1. The molecule has 0 aliphatic carbocycles. The molecule has 0 bridgehead atoms. The van der Waals surface area contributed by atoms with Crippen LogP contribution in [0.2, 0.25) is 0 Å². The number of nitrogens with one attached hydrogen (secondary N) is 1. The third-order valence-corrected chi connectivity index (χ3v) is 7.96. The minimum Gasteiger partial charge on any atom is -0.320 e. The van der Waals surface area contributed by atoms with E-state index >= 15 is 0 Å². The molecule has 1 N–H and O–H groups in total. The molecule has 0 saturated heterocycles. The maximum Gasteiger partial charge on any atom is 0.282 e. The molecule has 0 aromatic heterocycles. The van der Waals surface area contributed by atoms with E-state index in [-0.39, 0.29) is 5.91 Å². The lowest BCUT2D eigenvalue weighted by atomic mass is 9.96. The van der Waals surface area contributed by atoms with Crippen LogP contribution < -0.4 is 15.3 Å². The van der Waals surface area contributed by atoms with Crippen LogP contribution in [0.4, 0.5) is 17.1 Å². The molecule has 1 spiro atoms. The van der Waals surface area contributed by atoms with Crippen LogP contribution in [0, 0.1) is 6.92 Å². The molecule has 4 aromatic carbocycles. The number of hydrogen-bond acceptors (Lipinski definition) is 6. The Morgan fingerprint density at radius 2 is 1.39 bits per heavy atom. The molecule has 0 saturated carbocycles. The van der Waals surface area contributed by atoms with Crippen molar-refractivity contribution in [2.75, 3.05) is 15.3 Å². The fourth-order valence-corrected chi connectivity index (χ4v) is 6.10. The molecule has 38 heavy (non-hydrogen) atoms. The molecule has 1 amide bonds. The van der Waals surface area contributed by atoms with E-state index in [0.717, 1.165) is 45.9 Å². The van der Waals surface area contributed by atoms with Crippen molar-refractivity contribution in [1.29, 1.82) is 0 Å². The lowest BCUT2D eigenvalue weighted by Gasteiger charge is -2.47. The van der Waals surface area contributed by atoms with E-state index in [4.69, 9.17) is 10.2 Å². The van der Waals surface area contributed by atoms with Crippen molar-refractivity contribution >= 4 is 45.5 Å². The highest BCUT2D eigenvalue weighted by molar-refractivity contribution is 8.17. The lowest BCUT2D eigenvalue weighted by Crippen LogP contribution is -2.54. The number of thioether (sulfide) groups is 1. The smallest absolute Gasteiger partial charge is 0.282 e. The van der Waals surface area contributed by atoms with Gasteiger partial charge in [-0.1, -0.05) is 85.3 Å². The van der Waals surface area contributed by atoms with Gasteiger partial charge in [-0.05, 0) is 61.5 Å². The number of nitrogens with zero attached hydrogens (tertiary/aromatic N) is 4. The number of aryl methyl sites for hydroxylation is 1. The predicted molar refractivity (Wildman–Crippen MR) is 158 cm³/mol. The highest BCUT2D eigenvalue weighted by Crippen LogP contribution is 2.54. The van der Waals surface area contributed by atoms with E-state index in [1.807, 2.05) is 94.9 Å². The number of para-hydroxylation sites is 2. The zero-order chi connectivity index (χ0) is 26.1. The Labute approximate surface area is 226 Å². The summed E-state index contributed by atoms with van der Waals surface area (Å²) in [6, 6.07) is 36.1. The Morgan fingerprint density at radius 3 is 2.11 bits per heavy atom. The molecule has 1 unspecified atom stereocenters. The van der Waals surface area contributed by atoms with Crippen molar-refractivity contribution < 1.29 is 4.79 Å². The summed E-state index contributed by atoms with van der Waals surface area (Å²) < 4.78 is 0. The molecule has 0 fully saturated rings. The largest absolute Gasteiger partial charge is 0.320 e. The van der Waals surface area contributed by atoms with Gasteiger partial charge in [-0.25, -0.2) is 10.0 Å². The fraction of sp³-hybridized carbons (Fsp3) is 0.129. The van der Waals surface area contributed by atoms with E-state index in [2.05, 4.69) is 43.4 Å². The molecule has 6 nitrogen and oxygen atoms in total. The lowest BCUT2D eigenvalue weighted by molar-refractivity contribution is -0.110. The number of fused-ring (bicyclic) bond motifs is 2. The first kappa shape index (κ1) is 24.0. The second-order valence-corrected chi connectivity index (χ2v) is 10.3. The number of rotatable bonds is 5. The molecule has 0 radical (unpaired) electrons. The molecule has 2 aliphatic rings. The Kier molecular flexibility index (Phi) is 6.21. The van der Waals surface area contributed by atoms with Gasteiger partial charge < -0.3 is 5.32 Å². The average molecular weight is 518 g/mol. The molecule has 2 heterocycles. The topological polar surface area (TPSA) is 60.3 Å². The van der Waals surface area contributed by atoms with Gasteiger partial charge in [-0.3, -0.25) is 4.79 Å². The minimum absolute atomic E-state index is 0.258. The number of benzene rings is 4. The van der Waals surface area contributed by atoms with Crippen molar-refractivity contribution in [3.8, 4) is 0 Å². The van der Waals surface area contributed by atoms with Crippen LogP contribution in [-0.4, -0.2) is 16.7 Å². The van der Waals surface area contributed by atoms with E-state index in [0.29, 0.717) is 5.04 Å². The number of carbonyl (C=O) groups excluding carboxylic acids is 1. The van der Waals surface area contributed by atoms with Crippen molar-refractivity contribution in [2.24, 2.45) is 10.2 Å². The van der Waals surface area contributed by atoms with Crippen molar-refractivity contribution in [1.82, 2.24) is 0 Å². The maximum absolute atomic E-state index is 13.6. The summed E-state index contributed by atoms with van der Waals surface area (Å²) in [5.41, 5.74) is 6.74. The van der Waals surface area contributed by atoms with Crippen molar-refractivity contribution in [2.45, 2.75) is 25.3 Å². The van der Waals surface area contributed by atoms with Gasteiger partial charge in [0.1, 0.15) is 0 Å². The summed E-state index contributed by atoms with van der Waals surface area (Å²) in [4.78, 5) is 12.7. The second-order valence-electron chi connectivity index (χ2n) is 9.18. The van der Waals surface area contributed by atoms with E-state index in [1.165, 1.54) is 11.8 Å². The van der Waals surface area contributed by atoms with Crippen LogP contribution in [0.5, 0.6) is 0 Å². The van der Waals surface area contributed by atoms with Gasteiger partial charge in [-0.15, -0.1) is 0 Å². The highest BCUT2D eigenvalue weighted by atomic mass is 32.2. The highest BCUT2D eigenvalue weighted by Gasteiger charge is 2.56. The summed E-state index contributed by atoms with van der Waals surface area (Å²) in [6.45, 7) is 4.18. The molecule has 1 atom stereocenters. The average Bonchev–Trinajstić information content (AvgIpc) is 3.36. The molecular formula is C31H27N5OS. The number of carbonyl (C=O) groups is 1. The minimum atomic E-state index is -0.949. The van der Waals surface area contributed by atoms with Crippen LogP contribution in [0.1, 0.15) is 30.0 Å². The van der Waals surface area contributed by atoms with Crippen molar-refractivity contribution in [3.05, 3.63) is 126 Å². The molecule has 7 heteroatoms. The van der Waals surface area contributed by atoms with Gasteiger partial charge in [0.2, 0.25) is 4.99 Å². The zero-order valence-electron chi connectivity index (χ0n) is 21.2. The summed E-state index contributed by atoms with van der Waals surface area (Å²) in [5, 5.41) is 17.5. The number of hydrogen-bond donors (Lipinski definition) is 1. The Balaban J connectivity index is 1.55. The summed E-state index contributed by atoms with van der Waals surface area (Å²) in [7, 11) is 0. The zero-order valence-corrected chi connectivity index (χ0v) is 22.0. The van der Waals surface area contributed by atoms with Crippen LogP contribution in [0.15, 0.2) is 119 Å². The molecule has 2 aliphatic heterocycles. The fourth-order valence-electron chi connectivity index (χ4n) is 4.81. The summed E-state index contributed by atoms with van der Waals surface area (Å²) in [6.07, 6.45) is 0.772. The summed E-state index contributed by atoms with van der Waals surface area (Å²) in [5.74, 6) is -0.258. The van der Waals surface area contributed by atoms with Crippen LogP contribution in [0.25, 0.3) is 0 Å². The molecule has 188 valence electrons.